The van der Waals surface area contributed by atoms with E-state index in [1.54, 1.807) is 0 Å². The number of aromatic nitrogens is 2. The number of sulfone groups is 1. The van der Waals surface area contributed by atoms with Gasteiger partial charge in [0.25, 0.3) is 5.91 Å². The molecule has 1 unspecified atom stereocenters. The van der Waals surface area contributed by atoms with Crippen LogP contribution in [0.25, 0.3) is 0 Å². The Morgan fingerprint density at radius 1 is 1.33 bits per heavy atom. The molecule has 0 saturated heterocycles. The number of amides is 1. The second kappa shape index (κ2) is 7.80. The molecule has 9 nitrogen and oxygen atoms in total. The first-order chi connectivity index (χ1) is 14.0. The molecular formula is C18H19ClFN5O4S. The second-order valence-corrected chi connectivity index (χ2v) is 10.1. The minimum atomic E-state index is -3.71. The lowest BCUT2D eigenvalue weighted by molar-refractivity contribution is 0.102. The van der Waals surface area contributed by atoms with Crippen LogP contribution in [0.1, 0.15) is 35.9 Å². The van der Waals surface area contributed by atoms with Crippen molar-refractivity contribution in [2.24, 2.45) is 10.7 Å². The molecule has 0 radical (unpaired) electrons. The molecule has 0 saturated carbocycles. The number of ether oxygens (including phenoxy) is 1. The highest BCUT2D eigenvalue weighted by atomic mass is 35.5. The van der Waals surface area contributed by atoms with Crippen LogP contribution in [0.4, 0.5) is 10.1 Å². The molecule has 2 aromatic rings. The van der Waals surface area contributed by atoms with Gasteiger partial charge in [-0.15, -0.1) is 0 Å². The molecule has 1 aliphatic rings. The average molecular weight is 456 g/mol. The summed E-state index contributed by atoms with van der Waals surface area (Å²) in [7, 11) is -2.30. The van der Waals surface area contributed by atoms with Gasteiger partial charge in [-0.1, -0.05) is 11.6 Å². The predicted octanol–water partition coefficient (Wildman–Crippen LogP) is 2.14. The van der Waals surface area contributed by atoms with Crippen LogP contribution < -0.4 is 15.8 Å². The van der Waals surface area contributed by atoms with Crippen molar-refractivity contribution in [3.8, 4) is 5.88 Å². The van der Waals surface area contributed by atoms with E-state index in [-0.39, 0.29) is 33.7 Å². The van der Waals surface area contributed by atoms with E-state index >= 15 is 0 Å². The van der Waals surface area contributed by atoms with E-state index in [0.29, 0.717) is 0 Å². The highest BCUT2D eigenvalue weighted by Crippen LogP contribution is 2.36. The third kappa shape index (κ3) is 3.94. The van der Waals surface area contributed by atoms with Crippen molar-refractivity contribution < 1.29 is 22.3 Å². The summed E-state index contributed by atoms with van der Waals surface area (Å²) >= 11 is 5.97. The molecule has 160 valence electrons. The fraction of sp³-hybridized carbons (Fsp3) is 0.333. The number of halogens is 2. The molecule has 3 rings (SSSR count). The zero-order valence-electron chi connectivity index (χ0n) is 16.3. The maximum atomic E-state index is 14.7. The summed E-state index contributed by atoms with van der Waals surface area (Å²) in [6.45, 7) is 2.88. The van der Waals surface area contributed by atoms with Crippen molar-refractivity contribution in [3.63, 3.8) is 0 Å². The Morgan fingerprint density at radius 2 is 2.03 bits per heavy atom. The highest BCUT2D eigenvalue weighted by molar-refractivity contribution is 7.93. The predicted molar refractivity (Wildman–Crippen MR) is 110 cm³/mol. The lowest BCUT2D eigenvalue weighted by atomic mass is 10.1. The summed E-state index contributed by atoms with van der Waals surface area (Å²) in [5, 5.41) is 2.22. The van der Waals surface area contributed by atoms with E-state index < -0.39 is 38.1 Å². The minimum absolute atomic E-state index is 0.0120. The zero-order chi connectivity index (χ0) is 22.3. The quantitative estimate of drug-likeness (QED) is 0.720. The van der Waals surface area contributed by atoms with Gasteiger partial charge in [0.15, 0.2) is 9.84 Å². The Hall–Kier alpha value is -2.79. The van der Waals surface area contributed by atoms with Gasteiger partial charge in [-0.3, -0.25) is 9.79 Å². The number of nitrogens with one attached hydrogen (secondary N) is 1. The zero-order valence-corrected chi connectivity index (χ0v) is 17.9. The summed E-state index contributed by atoms with van der Waals surface area (Å²) in [4.78, 5) is 24.4. The van der Waals surface area contributed by atoms with Crippen LogP contribution in [-0.2, 0) is 9.84 Å². The van der Waals surface area contributed by atoms with Gasteiger partial charge in [-0.25, -0.2) is 22.8 Å². The SMILES string of the molecule is COc1cnc(C(=O)Nc2cc(Cl)c(F)c(C3CS(=O)(=O)C(C)(C)C(N)=N3)c2)cn1. The molecule has 30 heavy (non-hydrogen) atoms. The molecular weight excluding hydrogens is 437 g/mol. The van der Waals surface area contributed by atoms with Crippen LogP contribution >= 0.6 is 11.6 Å². The number of rotatable bonds is 4. The summed E-state index contributed by atoms with van der Waals surface area (Å²) < 4.78 is 43.4. The molecule has 1 aromatic carbocycles. The Balaban J connectivity index is 1.95. The van der Waals surface area contributed by atoms with Crippen LogP contribution in [0.5, 0.6) is 5.88 Å². The summed E-state index contributed by atoms with van der Waals surface area (Å²) in [6.07, 6.45) is 2.48. The monoisotopic (exact) mass is 455 g/mol. The van der Waals surface area contributed by atoms with Crippen molar-refractivity contribution >= 4 is 38.9 Å². The molecule has 2 heterocycles. The first kappa shape index (κ1) is 21.9. The Labute approximate surface area is 177 Å². The summed E-state index contributed by atoms with van der Waals surface area (Å²) in [5.74, 6) is -1.81. The molecule has 0 aliphatic carbocycles. The number of hydrogen-bond donors (Lipinski definition) is 2. The van der Waals surface area contributed by atoms with Gasteiger partial charge in [-0.05, 0) is 26.0 Å². The number of aliphatic imine (C=N–C) groups is 1. The Morgan fingerprint density at radius 3 is 2.60 bits per heavy atom. The van der Waals surface area contributed by atoms with E-state index in [2.05, 4.69) is 20.3 Å². The van der Waals surface area contributed by atoms with E-state index in [1.807, 2.05) is 0 Å². The molecule has 1 aliphatic heterocycles. The van der Waals surface area contributed by atoms with Crippen molar-refractivity contribution in [2.45, 2.75) is 24.6 Å². The standard InChI is InChI=1S/C18H19ClFN5O4S/c1-18(2)17(21)25-13(8-30(18,27)28)10-4-9(5-11(19)15(10)20)24-16(26)12-6-23-14(29-3)7-22-12/h4-7,13H,8H2,1-3H3,(H2,21,25)(H,24,26). The maximum Gasteiger partial charge on any atom is 0.275 e. The molecule has 12 heteroatoms. The number of carbonyl (C=O) groups excluding carboxylic acids is 1. The number of hydrogen-bond acceptors (Lipinski definition) is 8. The van der Waals surface area contributed by atoms with Crippen LogP contribution in [0.3, 0.4) is 0 Å². The number of amidine groups is 1. The third-order valence-corrected chi connectivity index (χ3v) is 7.60. The normalized spacial score (nSPS) is 19.6. The van der Waals surface area contributed by atoms with Gasteiger partial charge in [0.05, 0.1) is 36.3 Å². The molecule has 1 atom stereocenters. The number of nitrogens with zero attached hydrogens (tertiary/aromatic N) is 3. The van der Waals surface area contributed by atoms with Gasteiger partial charge < -0.3 is 15.8 Å². The van der Waals surface area contributed by atoms with E-state index in [9.17, 15) is 17.6 Å². The van der Waals surface area contributed by atoms with Crippen molar-refractivity contribution in [1.82, 2.24) is 9.97 Å². The summed E-state index contributed by atoms with van der Waals surface area (Å²) in [5.41, 5.74) is 5.87. The number of anilines is 1. The molecule has 1 aromatic heterocycles. The number of benzene rings is 1. The van der Waals surface area contributed by atoms with Crippen LogP contribution in [0, 0.1) is 5.82 Å². The van der Waals surface area contributed by atoms with Gasteiger partial charge in [0, 0.05) is 11.3 Å². The molecule has 0 bridgehead atoms. The van der Waals surface area contributed by atoms with Crippen LogP contribution in [0.2, 0.25) is 5.02 Å². The summed E-state index contributed by atoms with van der Waals surface area (Å²) in [6, 6.07) is 1.37. The van der Waals surface area contributed by atoms with E-state index in [4.69, 9.17) is 22.1 Å². The molecule has 1 amide bonds. The van der Waals surface area contributed by atoms with Crippen molar-refractivity contribution in [1.29, 1.82) is 0 Å². The second-order valence-electron chi connectivity index (χ2n) is 7.08. The molecule has 3 N–H and O–H groups in total. The number of carbonyl (C=O) groups is 1. The smallest absolute Gasteiger partial charge is 0.275 e. The van der Waals surface area contributed by atoms with Crippen LogP contribution in [0.15, 0.2) is 29.5 Å². The topological polar surface area (TPSA) is 137 Å². The van der Waals surface area contributed by atoms with Gasteiger partial charge >= 0.3 is 0 Å². The Kier molecular flexibility index (Phi) is 5.70. The van der Waals surface area contributed by atoms with Gasteiger partial charge in [0.2, 0.25) is 5.88 Å². The van der Waals surface area contributed by atoms with E-state index in [1.165, 1.54) is 45.5 Å². The van der Waals surface area contributed by atoms with Crippen LogP contribution in [-0.4, -0.2) is 47.7 Å². The van der Waals surface area contributed by atoms with Gasteiger partial charge in [0.1, 0.15) is 22.1 Å². The lowest BCUT2D eigenvalue weighted by Crippen LogP contribution is -2.50. The first-order valence-electron chi connectivity index (χ1n) is 8.68. The fourth-order valence-corrected chi connectivity index (χ4v) is 4.44. The van der Waals surface area contributed by atoms with Gasteiger partial charge in [-0.2, -0.15) is 0 Å². The van der Waals surface area contributed by atoms with E-state index in [0.717, 1.165) is 0 Å². The lowest BCUT2D eigenvalue weighted by Gasteiger charge is -2.32. The fourth-order valence-electron chi connectivity index (χ4n) is 2.75. The molecule has 0 fully saturated rings. The maximum absolute atomic E-state index is 14.7. The largest absolute Gasteiger partial charge is 0.480 e. The highest BCUT2D eigenvalue weighted by Gasteiger charge is 2.44. The Bertz CT molecular complexity index is 1140. The van der Waals surface area contributed by atoms with Crippen molar-refractivity contribution in [2.75, 3.05) is 18.2 Å². The average Bonchev–Trinajstić information content (AvgIpc) is 2.68. The number of nitrogens with two attached hydrogens (primary N) is 1. The van der Waals surface area contributed by atoms with Crippen molar-refractivity contribution in [3.05, 3.63) is 46.6 Å². The first-order valence-corrected chi connectivity index (χ1v) is 10.7. The minimum Gasteiger partial charge on any atom is -0.480 e. The number of methoxy groups -OCH3 is 1. The third-order valence-electron chi connectivity index (χ3n) is 4.81. The molecule has 0 spiro atoms.